The van der Waals surface area contributed by atoms with Gasteiger partial charge in [-0.05, 0) is 32.9 Å². The molecule has 1 N–H and O–H groups in total. The van der Waals surface area contributed by atoms with Gasteiger partial charge >= 0.3 is 5.97 Å². The number of benzene rings is 1. The van der Waals surface area contributed by atoms with Crippen molar-refractivity contribution in [1.82, 2.24) is 4.57 Å². The molecule has 0 fully saturated rings. The zero-order valence-electron chi connectivity index (χ0n) is 14.2. The molecular formula is C16H18F2N2O4S. The average Bonchev–Trinajstić information content (AvgIpc) is 2.75. The summed E-state index contributed by atoms with van der Waals surface area (Å²) in [7, 11) is -2.71. The lowest BCUT2D eigenvalue weighted by Crippen LogP contribution is -2.18. The Labute approximate surface area is 144 Å². The summed E-state index contributed by atoms with van der Waals surface area (Å²) >= 11 is 0. The highest BCUT2D eigenvalue weighted by Crippen LogP contribution is 2.29. The number of halogens is 2. The first-order valence-electron chi connectivity index (χ1n) is 7.41. The molecule has 0 saturated heterocycles. The number of anilines is 1. The number of nitrogens with zero attached hydrogens (tertiary/aromatic N) is 1. The maximum atomic E-state index is 13.8. The van der Waals surface area contributed by atoms with Crippen LogP contribution in [0.3, 0.4) is 0 Å². The Kier molecular flexibility index (Phi) is 5.17. The third-order valence-electron chi connectivity index (χ3n) is 3.85. The van der Waals surface area contributed by atoms with Crippen LogP contribution in [0.4, 0.5) is 14.5 Å². The van der Waals surface area contributed by atoms with E-state index in [0.717, 1.165) is 12.1 Å². The van der Waals surface area contributed by atoms with Gasteiger partial charge in [0.15, 0.2) is 0 Å². The van der Waals surface area contributed by atoms with Gasteiger partial charge in [0.2, 0.25) is 0 Å². The number of rotatable bonds is 5. The van der Waals surface area contributed by atoms with Crippen LogP contribution < -0.4 is 4.72 Å². The SMILES string of the molecule is CCOC(=O)c1c(S(=O)(=O)Nc2ccc(F)cc2F)c(C)n(C)c1C. The summed E-state index contributed by atoms with van der Waals surface area (Å²) in [5.41, 5.74) is 0.153. The number of carbonyl (C=O) groups is 1. The maximum Gasteiger partial charge on any atom is 0.341 e. The van der Waals surface area contributed by atoms with Crippen molar-refractivity contribution in [1.29, 1.82) is 0 Å². The predicted octanol–water partition coefficient (Wildman–Crippen LogP) is 2.90. The van der Waals surface area contributed by atoms with E-state index < -0.39 is 33.3 Å². The minimum Gasteiger partial charge on any atom is -0.462 e. The van der Waals surface area contributed by atoms with Crippen molar-refractivity contribution >= 4 is 21.7 Å². The Morgan fingerprint density at radius 2 is 1.88 bits per heavy atom. The number of ether oxygens (including phenoxy) is 1. The standard InChI is InChI=1S/C16H18F2N2O4S/c1-5-24-16(21)14-9(2)20(4)10(3)15(14)25(22,23)19-13-7-6-11(17)8-12(13)18/h6-8,19H,5H2,1-4H3. The minimum atomic E-state index is -4.31. The highest BCUT2D eigenvalue weighted by atomic mass is 32.2. The first-order chi connectivity index (χ1) is 11.6. The quantitative estimate of drug-likeness (QED) is 0.819. The van der Waals surface area contributed by atoms with Gasteiger partial charge in [-0.2, -0.15) is 0 Å². The van der Waals surface area contributed by atoms with E-state index in [1.54, 1.807) is 20.9 Å². The van der Waals surface area contributed by atoms with Crippen LogP contribution in [-0.2, 0) is 21.8 Å². The molecule has 0 aliphatic rings. The van der Waals surface area contributed by atoms with Crippen molar-refractivity contribution in [2.24, 2.45) is 7.05 Å². The predicted molar refractivity (Wildman–Crippen MR) is 88.0 cm³/mol. The van der Waals surface area contributed by atoms with Gasteiger partial charge in [-0.1, -0.05) is 0 Å². The van der Waals surface area contributed by atoms with Gasteiger partial charge in [0.1, 0.15) is 22.1 Å². The lowest BCUT2D eigenvalue weighted by Gasteiger charge is -2.11. The highest BCUT2D eigenvalue weighted by Gasteiger charge is 2.32. The molecule has 0 spiro atoms. The van der Waals surface area contributed by atoms with Crippen molar-refractivity contribution in [2.45, 2.75) is 25.7 Å². The Balaban J connectivity index is 2.59. The molecule has 1 aromatic carbocycles. The minimum absolute atomic E-state index is 0.0751. The van der Waals surface area contributed by atoms with E-state index in [1.165, 1.54) is 11.5 Å². The summed E-state index contributed by atoms with van der Waals surface area (Å²) in [6.07, 6.45) is 0. The van der Waals surface area contributed by atoms with Crippen LogP contribution in [0.1, 0.15) is 28.7 Å². The Bertz CT molecular complexity index is 936. The van der Waals surface area contributed by atoms with Crippen LogP contribution in [0.2, 0.25) is 0 Å². The zero-order chi connectivity index (χ0) is 18.9. The van der Waals surface area contributed by atoms with Gasteiger partial charge in [-0.3, -0.25) is 4.72 Å². The van der Waals surface area contributed by atoms with Crippen molar-refractivity contribution in [3.05, 3.63) is 46.8 Å². The summed E-state index contributed by atoms with van der Waals surface area (Å²) < 4.78 is 60.8. The molecule has 9 heteroatoms. The third-order valence-corrected chi connectivity index (χ3v) is 5.37. The summed E-state index contributed by atoms with van der Waals surface area (Å²) in [5.74, 6) is -2.69. The molecule has 25 heavy (non-hydrogen) atoms. The van der Waals surface area contributed by atoms with Crippen LogP contribution in [0.25, 0.3) is 0 Å². The molecule has 1 heterocycles. The topological polar surface area (TPSA) is 77.4 Å². The number of carbonyl (C=O) groups excluding carboxylic acids is 1. The van der Waals surface area contributed by atoms with Crippen LogP contribution >= 0.6 is 0 Å². The number of sulfonamides is 1. The maximum absolute atomic E-state index is 13.8. The monoisotopic (exact) mass is 372 g/mol. The summed E-state index contributed by atoms with van der Waals surface area (Å²) in [4.78, 5) is 11.9. The second-order valence-corrected chi connectivity index (χ2v) is 7.00. The molecule has 0 aliphatic carbocycles. The summed E-state index contributed by atoms with van der Waals surface area (Å²) in [5, 5.41) is 0. The third kappa shape index (κ3) is 3.51. The first-order valence-corrected chi connectivity index (χ1v) is 8.89. The van der Waals surface area contributed by atoms with Crippen LogP contribution in [0.5, 0.6) is 0 Å². The molecule has 0 amide bonds. The second-order valence-electron chi connectivity index (χ2n) is 5.38. The van der Waals surface area contributed by atoms with E-state index in [2.05, 4.69) is 4.72 Å². The number of aromatic nitrogens is 1. The molecule has 136 valence electrons. The molecule has 0 radical (unpaired) electrons. The number of nitrogens with one attached hydrogen (secondary N) is 1. The van der Waals surface area contributed by atoms with Gasteiger partial charge in [0.25, 0.3) is 10.0 Å². The molecule has 6 nitrogen and oxygen atoms in total. The first kappa shape index (κ1) is 18.9. The molecule has 0 saturated carbocycles. The van der Waals surface area contributed by atoms with E-state index in [-0.39, 0.29) is 22.8 Å². The van der Waals surface area contributed by atoms with E-state index in [4.69, 9.17) is 4.74 Å². The second kappa shape index (κ2) is 6.83. The Hall–Kier alpha value is -2.42. The van der Waals surface area contributed by atoms with Gasteiger partial charge < -0.3 is 9.30 Å². The Morgan fingerprint density at radius 1 is 1.24 bits per heavy atom. The highest BCUT2D eigenvalue weighted by molar-refractivity contribution is 7.92. The number of hydrogen-bond acceptors (Lipinski definition) is 4. The fourth-order valence-electron chi connectivity index (χ4n) is 2.46. The van der Waals surface area contributed by atoms with Gasteiger partial charge in [0.05, 0.1) is 12.3 Å². The molecule has 2 rings (SSSR count). The van der Waals surface area contributed by atoms with E-state index in [9.17, 15) is 22.0 Å². The van der Waals surface area contributed by atoms with Crippen LogP contribution in [-0.4, -0.2) is 25.6 Å². The normalized spacial score (nSPS) is 11.4. The van der Waals surface area contributed by atoms with Gasteiger partial charge in [-0.25, -0.2) is 22.0 Å². The van der Waals surface area contributed by atoms with E-state index in [0.29, 0.717) is 11.8 Å². The fourth-order valence-corrected chi connectivity index (χ4v) is 4.04. The lowest BCUT2D eigenvalue weighted by atomic mass is 10.2. The van der Waals surface area contributed by atoms with E-state index in [1.807, 2.05) is 0 Å². The van der Waals surface area contributed by atoms with E-state index >= 15 is 0 Å². The lowest BCUT2D eigenvalue weighted by molar-refractivity contribution is 0.0521. The molecular weight excluding hydrogens is 354 g/mol. The van der Waals surface area contributed by atoms with Crippen molar-refractivity contribution < 1.29 is 26.7 Å². The van der Waals surface area contributed by atoms with Crippen molar-refractivity contribution in [3.8, 4) is 0 Å². The molecule has 0 bridgehead atoms. The van der Waals surface area contributed by atoms with Crippen LogP contribution in [0.15, 0.2) is 23.1 Å². The van der Waals surface area contributed by atoms with Crippen LogP contribution in [0, 0.1) is 25.5 Å². The fraction of sp³-hybridized carbons (Fsp3) is 0.312. The zero-order valence-corrected chi connectivity index (χ0v) is 15.0. The molecule has 0 atom stereocenters. The van der Waals surface area contributed by atoms with Gasteiger partial charge in [0, 0.05) is 24.5 Å². The molecule has 1 aromatic heterocycles. The largest absolute Gasteiger partial charge is 0.462 e. The molecule has 0 aliphatic heterocycles. The molecule has 2 aromatic rings. The number of hydrogen-bond donors (Lipinski definition) is 1. The summed E-state index contributed by atoms with van der Waals surface area (Å²) in [6.45, 7) is 4.77. The average molecular weight is 372 g/mol. The van der Waals surface area contributed by atoms with Crippen molar-refractivity contribution in [2.75, 3.05) is 11.3 Å². The van der Waals surface area contributed by atoms with Crippen molar-refractivity contribution in [3.63, 3.8) is 0 Å². The smallest absolute Gasteiger partial charge is 0.341 e. The Morgan fingerprint density at radius 3 is 2.44 bits per heavy atom. The molecule has 0 unspecified atom stereocenters. The number of esters is 1. The summed E-state index contributed by atoms with van der Waals surface area (Å²) in [6, 6.07) is 2.46. The van der Waals surface area contributed by atoms with Gasteiger partial charge in [-0.15, -0.1) is 0 Å².